The van der Waals surface area contributed by atoms with Crippen molar-refractivity contribution in [1.29, 1.82) is 0 Å². The Morgan fingerprint density at radius 2 is 0.955 bits per heavy atom. The van der Waals surface area contributed by atoms with Crippen LogP contribution in [0.1, 0.15) is 89.9 Å². The molecular formula is C19H39ClNO+. The Hall–Kier alpha value is -0.0800. The number of nitrogens with zero attached hydrogens (tertiary/aromatic N) is 1. The molecule has 0 N–H and O–H groups in total. The summed E-state index contributed by atoms with van der Waals surface area (Å²) in [4.78, 5) is 10.6. The number of rotatable bonds is 16. The Morgan fingerprint density at radius 3 is 1.27 bits per heavy atom. The molecular weight excluding hydrogens is 294 g/mol. The van der Waals surface area contributed by atoms with E-state index in [0.29, 0.717) is 6.42 Å². The Balaban J connectivity index is 3.04. The summed E-state index contributed by atoms with van der Waals surface area (Å²) in [7, 11) is 6.83. The van der Waals surface area contributed by atoms with Crippen molar-refractivity contribution >= 4 is 16.8 Å². The van der Waals surface area contributed by atoms with E-state index in [9.17, 15) is 4.79 Å². The SMILES string of the molecule is C[N+](C)(C)CCCCCCCCCCCCCCCC(=O)Cl. The number of halogens is 1. The topological polar surface area (TPSA) is 17.1 Å². The molecule has 0 radical (unpaired) electrons. The zero-order valence-corrected chi connectivity index (χ0v) is 16.1. The first-order chi connectivity index (χ1) is 10.4. The fraction of sp³-hybridized carbons (Fsp3) is 0.947. The van der Waals surface area contributed by atoms with Crippen LogP contribution in [0.25, 0.3) is 0 Å². The lowest BCUT2D eigenvalue weighted by atomic mass is 10.0. The number of carbonyl (C=O) groups excluding carboxylic acids is 1. The molecule has 0 aliphatic rings. The molecule has 0 aliphatic carbocycles. The van der Waals surface area contributed by atoms with E-state index in [1.54, 1.807) is 0 Å². The lowest BCUT2D eigenvalue weighted by Crippen LogP contribution is -2.35. The van der Waals surface area contributed by atoms with Crippen LogP contribution >= 0.6 is 11.6 Å². The van der Waals surface area contributed by atoms with Crippen molar-refractivity contribution in [2.24, 2.45) is 0 Å². The van der Waals surface area contributed by atoms with Crippen molar-refractivity contribution in [3.63, 3.8) is 0 Å². The monoisotopic (exact) mass is 332 g/mol. The van der Waals surface area contributed by atoms with Gasteiger partial charge < -0.3 is 4.48 Å². The molecule has 0 saturated carbocycles. The lowest BCUT2D eigenvalue weighted by molar-refractivity contribution is -0.870. The van der Waals surface area contributed by atoms with E-state index < -0.39 is 0 Å². The summed E-state index contributed by atoms with van der Waals surface area (Å²) in [6, 6.07) is 0. The molecule has 0 atom stereocenters. The first kappa shape index (κ1) is 21.9. The van der Waals surface area contributed by atoms with Crippen LogP contribution in [0.3, 0.4) is 0 Å². The predicted octanol–water partition coefficient (Wildman–Crippen LogP) is 5.92. The zero-order valence-electron chi connectivity index (χ0n) is 15.3. The second-order valence-corrected chi connectivity index (χ2v) is 8.14. The van der Waals surface area contributed by atoms with Gasteiger partial charge in [-0.1, -0.05) is 64.2 Å². The Bertz CT molecular complexity index is 261. The summed E-state index contributed by atoms with van der Waals surface area (Å²) in [5.41, 5.74) is 0. The van der Waals surface area contributed by atoms with Crippen LogP contribution in [0.4, 0.5) is 0 Å². The van der Waals surface area contributed by atoms with Crippen molar-refractivity contribution in [3.8, 4) is 0 Å². The first-order valence-corrected chi connectivity index (χ1v) is 9.78. The van der Waals surface area contributed by atoms with Gasteiger partial charge >= 0.3 is 0 Å². The number of hydrogen-bond acceptors (Lipinski definition) is 1. The number of unbranched alkanes of at least 4 members (excludes halogenated alkanes) is 12. The minimum Gasteiger partial charge on any atom is -0.331 e. The normalized spacial score (nSPS) is 11.8. The number of hydrogen-bond donors (Lipinski definition) is 0. The van der Waals surface area contributed by atoms with E-state index in [1.807, 2.05) is 0 Å². The van der Waals surface area contributed by atoms with Crippen LogP contribution in [-0.2, 0) is 4.79 Å². The van der Waals surface area contributed by atoms with E-state index in [4.69, 9.17) is 11.6 Å². The fourth-order valence-electron chi connectivity index (χ4n) is 2.79. The molecule has 0 aliphatic heterocycles. The lowest BCUT2D eigenvalue weighted by Gasteiger charge is -2.23. The molecule has 0 fully saturated rings. The van der Waals surface area contributed by atoms with Crippen LogP contribution in [0.15, 0.2) is 0 Å². The van der Waals surface area contributed by atoms with Crippen LogP contribution < -0.4 is 0 Å². The highest BCUT2D eigenvalue weighted by Crippen LogP contribution is 2.13. The average Bonchev–Trinajstić information content (AvgIpc) is 2.41. The van der Waals surface area contributed by atoms with E-state index in [2.05, 4.69) is 21.1 Å². The van der Waals surface area contributed by atoms with Crippen LogP contribution in [0.5, 0.6) is 0 Å². The van der Waals surface area contributed by atoms with Gasteiger partial charge in [0.1, 0.15) is 0 Å². The third-order valence-corrected chi connectivity index (χ3v) is 4.39. The maximum absolute atomic E-state index is 10.6. The maximum atomic E-state index is 10.6. The summed E-state index contributed by atoms with van der Waals surface area (Å²) in [6.07, 6.45) is 17.9. The van der Waals surface area contributed by atoms with Gasteiger partial charge in [-0.15, -0.1) is 0 Å². The smallest absolute Gasteiger partial charge is 0.221 e. The molecule has 0 heterocycles. The third-order valence-electron chi connectivity index (χ3n) is 4.20. The van der Waals surface area contributed by atoms with Crippen molar-refractivity contribution in [2.45, 2.75) is 89.9 Å². The molecule has 0 spiro atoms. The summed E-state index contributed by atoms with van der Waals surface area (Å²) in [5, 5.41) is -0.183. The van der Waals surface area contributed by atoms with E-state index in [1.165, 1.54) is 77.2 Å². The number of carbonyl (C=O) groups is 1. The molecule has 132 valence electrons. The molecule has 3 heteroatoms. The molecule has 0 aromatic heterocycles. The van der Waals surface area contributed by atoms with Crippen LogP contribution in [-0.4, -0.2) is 37.4 Å². The van der Waals surface area contributed by atoms with E-state index in [-0.39, 0.29) is 5.24 Å². The summed E-state index contributed by atoms with van der Waals surface area (Å²) < 4.78 is 1.10. The predicted molar refractivity (Wildman–Crippen MR) is 98.4 cm³/mol. The van der Waals surface area contributed by atoms with Gasteiger partial charge in [-0.2, -0.15) is 0 Å². The van der Waals surface area contributed by atoms with Gasteiger partial charge in [-0.05, 0) is 30.9 Å². The minimum absolute atomic E-state index is 0.183. The molecule has 0 bridgehead atoms. The van der Waals surface area contributed by atoms with Crippen LogP contribution in [0.2, 0.25) is 0 Å². The summed E-state index contributed by atoms with van der Waals surface area (Å²) in [6.45, 7) is 1.30. The van der Waals surface area contributed by atoms with Gasteiger partial charge in [-0.3, -0.25) is 4.79 Å². The Labute approximate surface area is 144 Å². The van der Waals surface area contributed by atoms with Crippen molar-refractivity contribution < 1.29 is 9.28 Å². The molecule has 0 aromatic carbocycles. The summed E-state index contributed by atoms with van der Waals surface area (Å²) >= 11 is 5.31. The first-order valence-electron chi connectivity index (χ1n) is 9.40. The highest BCUT2D eigenvalue weighted by molar-refractivity contribution is 6.63. The van der Waals surface area contributed by atoms with E-state index >= 15 is 0 Å². The molecule has 0 rings (SSSR count). The standard InChI is InChI=1S/C19H39ClNO/c1-21(2,3)18-16-14-12-10-8-6-4-5-7-9-11-13-15-17-19(20)22/h4-18H2,1-3H3/q+1. The fourth-order valence-corrected chi connectivity index (χ4v) is 2.93. The molecule has 2 nitrogen and oxygen atoms in total. The zero-order chi connectivity index (χ0) is 16.7. The third kappa shape index (κ3) is 19.9. The van der Waals surface area contributed by atoms with Crippen molar-refractivity contribution in [3.05, 3.63) is 0 Å². The van der Waals surface area contributed by atoms with Gasteiger partial charge in [0.15, 0.2) is 0 Å². The minimum atomic E-state index is -0.183. The second-order valence-electron chi connectivity index (χ2n) is 7.72. The quantitative estimate of drug-likeness (QED) is 0.195. The van der Waals surface area contributed by atoms with Gasteiger partial charge in [0.25, 0.3) is 0 Å². The molecule has 0 unspecified atom stereocenters. The molecule has 0 saturated heterocycles. The van der Waals surface area contributed by atoms with Gasteiger partial charge in [0.05, 0.1) is 27.7 Å². The average molecular weight is 333 g/mol. The molecule has 0 aromatic rings. The summed E-state index contributed by atoms with van der Waals surface area (Å²) in [5.74, 6) is 0. The van der Waals surface area contributed by atoms with Crippen molar-refractivity contribution in [1.82, 2.24) is 0 Å². The molecule has 0 amide bonds. The largest absolute Gasteiger partial charge is 0.331 e. The van der Waals surface area contributed by atoms with Gasteiger partial charge in [0.2, 0.25) is 5.24 Å². The van der Waals surface area contributed by atoms with Gasteiger partial charge in [0, 0.05) is 6.42 Å². The highest BCUT2D eigenvalue weighted by atomic mass is 35.5. The van der Waals surface area contributed by atoms with E-state index in [0.717, 1.165) is 17.3 Å². The highest BCUT2D eigenvalue weighted by Gasteiger charge is 2.04. The molecule has 22 heavy (non-hydrogen) atoms. The Morgan fingerprint density at radius 1 is 0.636 bits per heavy atom. The number of quaternary nitrogens is 1. The maximum Gasteiger partial charge on any atom is 0.221 e. The van der Waals surface area contributed by atoms with Crippen molar-refractivity contribution in [2.75, 3.05) is 27.7 Å². The van der Waals surface area contributed by atoms with Gasteiger partial charge in [-0.25, -0.2) is 0 Å². The Kier molecular flexibility index (Phi) is 14.5. The second kappa shape index (κ2) is 14.5. The van der Waals surface area contributed by atoms with Crippen LogP contribution in [0, 0.1) is 0 Å².